The number of benzene rings is 2. The first-order valence-electron chi connectivity index (χ1n) is 10.8. The van der Waals surface area contributed by atoms with E-state index in [0.717, 1.165) is 49.1 Å². The minimum Gasteiger partial charge on any atom is -0.334 e. The Morgan fingerprint density at radius 2 is 1.66 bits per heavy atom. The molecule has 0 bridgehead atoms. The van der Waals surface area contributed by atoms with E-state index in [1.165, 1.54) is 22.9 Å². The van der Waals surface area contributed by atoms with Gasteiger partial charge < -0.3 is 9.80 Å². The van der Waals surface area contributed by atoms with Crippen LogP contribution in [0.5, 0.6) is 0 Å². The molecule has 2 aromatic rings. The molecule has 32 heavy (non-hydrogen) atoms. The molecule has 0 saturated heterocycles. The first-order valence-corrected chi connectivity index (χ1v) is 11.6. The van der Waals surface area contributed by atoms with Crippen molar-refractivity contribution in [2.45, 2.75) is 25.7 Å². The summed E-state index contributed by atoms with van der Waals surface area (Å²) in [5, 5.41) is 0. The van der Waals surface area contributed by atoms with Gasteiger partial charge in [-0.1, -0.05) is 52.3 Å². The van der Waals surface area contributed by atoms with Crippen molar-refractivity contribution < 1.29 is 13.2 Å². The van der Waals surface area contributed by atoms with Gasteiger partial charge in [0.25, 0.3) is 0 Å². The van der Waals surface area contributed by atoms with Crippen molar-refractivity contribution in [3.8, 4) is 0 Å². The van der Waals surface area contributed by atoms with Gasteiger partial charge in [-0.05, 0) is 28.8 Å². The fraction of sp³-hybridized carbons (Fsp3) is 0.375. The summed E-state index contributed by atoms with van der Waals surface area (Å²) in [6.07, 6.45) is -3.43. The molecule has 0 atom stereocenters. The van der Waals surface area contributed by atoms with Crippen molar-refractivity contribution in [2.24, 2.45) is 4.99 Å². The predicted octanol–water partition coefficient (Wildman–Crippen LogP) is 5.12. The lowest BCUT2D eigenvalue weighted by Crippen LogP contribution is -2.50. The molecule has 0 N–H and O–H groups in total. The van der Waals surface area contributed by atoms with Gasteiger partial charge in [-0.2, -0.15) is 13.2 Å². The Bertz CT molecular complexity index is 1080. The van der Waals surface area contributed by atoms with Gasteiger partial charge in [0.05, 0.1) is 12.1 Å². The number of halogens is 4. The second kappa shape index (κ2) is 8.56. The van der Waals surface area contributed by atoms with Crippen molar-refractivity contribution in [3.63, 3.8) is 0 Å². The smallest absolute Gasteiger partial charge is 0.334 e. The normalized spacial score (nSPS) is 19.2. The average molecular weight is 505 g/mol. The molecule has 0 aromatic heterocycles. The number of hydrogen-bond donors (Lipinski definition) is 0. The van der Waals surface area contributed by atoms with E-state index in [-0.39, 0.29) is 6.54 Å². The number of guanidine groups is 1. The van der Waals surface area contributed by atoms with Crippen molar-refractivity contribution in [2.75, 3.05) is 32.7 Å². The van der Waals surface area contributed by atoms with Crippen LogP contribution in [0.4, 0.5) is 13.2 Å². The third-order valence-electron chi connectivity index (χ3n) is 6.33. The number of aliphatic imine (C=N–C) groups is 1. The molecule has 0 radical (unpaired) electrons. The summed E-state index contributed by atoms with van der Waals surface area (Å²) < 4.78 is 41.8. The zero-order chi connectivity index (χ0) is 22.3. The van der Waals surface area contributed by atoms with E-state index < -0.39 is 11.7 Å². The van der Waals surface area contributed by atoms with Crippen LogP contribution >= 0.6 is 15.9 Å². The monoisotopic (exact) mass is 504 g/mol. The van der Waals surface area contributed by atoms with E-state index in [1.54, 1.807) is 12.1 Å². The van der Waals surface area contributed by atoms with Gasteiger partial charge in [0, 0.05) is 55.9 Å². The molecule has 5 rings (SSSR count). The van der Waals surface area contributed by atoms with Gasteiger partial charge in [-0.3, -0.25) is 9.89 Å². The van der Waals surface area contributed by atoms with E-state index in [4.69, 9.17) is 0 Å². The van der Waals surface area contributed by atoms with Crippen LogP contribution in [0.2, 0.25) is 0 Å². The van der Waals surface area contributed by atoms with Crippen LogP contribution in [0.3, 0.4) is 0 Å². The van der Waals surface area contributed by atoms with Gasteiger partial charge >= 0.3 is 6.18 Å². The molecule has 0 aliphatic carbocycles. The van der Waals surface area contributed by atoms with Gasteiger partial charge in [0.2, 0.25) is 5.96 Å². The molecular formula is C24H24BrF3N4. The topological polar surface area (TPSA) is 22.1 Å². The fourth-order valence-corrected chi connectivity index (χ4v) is 5.29. The lowest BCUT2D eigenvalue weighted by molar-refractivity contribution is -0.138. The molecule has 3 aliphatic heterocycles. The molecule has 2 aromatic carbocycles. The van der Waals surface area contributed by atoms with Gasteiger partial charge in [-0.15, -0.1) is 0 Å². The molecular weight excluding hydrogens is 481 g/mol. The van der Waals surface area contributed by atoms with Crippen molar-refractivity contribution in [1.82, 2.24) is 14.7 Å². The predicted molar refractivity (Wildman–Crippen MR) is 122 cm³/mol. The Morgan fingerprint density at radius 1 is 0.906 bits per heavy atom. The van der Waals surface area contributed by atoms with Gasteiger partial charge in [0.15, 0.2) is 0 Å². The third-order valence-corrected chi connectivity index (χ3v) is 7.11. The van der Waals surface area contributed by atoms with E-state index >= 15 is 0 Å². The maximum atomic E-state index is 13.6. The van der Waals surface area contributed by atoms with E-state index in [2.05, 4.69) is 42.9 Å². The van der Waals surface area contributed by atoms with Crippen LogP contribution in [0, 0.1) is 0 Å². The molecule has 168 valence electrons. The summed E-state index contributed by atoms with van der Waals surface area (Å²) in [6.45, 7) is 4.92. The summed E-state index contributed by atoms with van der Waals surface area (Å²) in [5.41, 5.74) is 3.56. The van der Waals surface area contributed by atoms with Gasteiger partial charge in [0.1, 0.15) is 0 Å². The first-order chi connectivity index (χ1) is 15.4. The summed E-state index contributed by atoms with van der Waals surface area (Å²) in [7, 11) is 0. The molecule has 3 heterocycles. The van der Waals surface area contributed by atoms with Crippen LogP contribution in [-0.4, -0.2) is 53.4 Å². The van der Waals surface area contributed by atoms with Crippen LogP contribution in [0.25, 0.3) is 0 Å². The minimum atomic E-state index is -4.36. The fourth-order valence-electron chi connectivity index (χ4n) is 4.88. The van der Waals surface area contributed by atoms with Crippen molar-refractivity contribution in [3.05, 3.63) is 81.0 Å². The molecule has 0 amide bonds. The Kier molecular flexibility index (Phi) is 5.75. The Hall–Kier alpha value is -2.32. The second-order valence-electron chi connectivity index (χ2n) is 8.45. The highest BCUT2D eigenvalue weighted by Crippen LogP contribution is 2.35. The number of hydrogen-bond acceptors (Lipinski definition) is 4. The standard InChI is InChI=1S/C24H24BrF3N4/c25-21-8-4-2-6-18(21)13-30-11-9-22-19(14-30)16-31(23-29-10-12-32(22)23)15-17-5-1-3-7-20(17)24(26,27)28/h1-8H,9-16H2. The van der Waals surface area contributed by atoms with Crippen LogP contribution in [0.1, 0.15) is 23.1 Å². The van der Waals surface area contributed by atoms with E-state index in [0.29, 0.717) is 18.7 Å². The second-order valence-corrected chi connectivity index (χ2v) is 9.30. The Balaban J connectivity index is 1.38. The van der Waals surface area contributed by atoms with Crippen molar-refractivity contribution >= 4 is 21.9 Å². The quantitative estimate of drug-likeness (QED) is 0.577. The summed E-state index contributed by atoms with van der Waals surface area (Å²) >= 11 is 3.64. The molecule has 8 heteroatoms. The highest BCUT2D eigenvalue weighted by atomic mass is 79.9. The maximum Gasteiger partial charge on any atom is 0.416 e. The largest absolute Gasteiger partial charge is 0.416 e. The number of rotatable bonds is 4. The molecule has 0 saturated carbocycles. The van der Waals surface area contributed by atoms with Crippen LogP contribution in [-0.2, 0) is 19.3 Å². The zero-order valence-electron chi connectivity index (χ0n) is 17.6. The van der Waals surface area contributed by atoms with E-state index in [9.17, 15) is 13.2 Å². The molecule has 0 spiro atoms. The Morgan fingerprint density at radius 3 is 2.44 bits per heavy atom. The minimum absolute atomic E-state index is 0.200. The Labute approximate surface area is 194 Å². The lowest BCUT2D eigenvalue weighted by Gasteiger charge is -2.43. The SMILES string of the molecule is FC(F)(F)c1ccccc1CN1CC2=C(CCN(Cc3ccccc3Br)C2)N2CCN=C12. The highest BCUT2D eigenvalue weighted by molar-refractivity contribution is 9.10. The number of fused-ring (bicyclic) bond motifs is 2. The zero-order valence-corrected chi connectivity index (χ0v) is 19.2. The molecule has 0 unspecified atom stereocenters. The van der Waals surface area contributed by atoms with Crippen LogP contribution < -0.4 is 0 Å². The molecule has 0 fully saturated rings. The first kappa shape index (κ1) is 21.5. The summed E-state index contributed by atoms with van der Waals surface area (Å²) in [5.74, 6) is 0.819. The van der Waals surface area contributed by atoms with Gasteiger partial charge in [-0.25, -0.2) is 0 Å². The maximum absolute atomic E-state index is 13.6. The third kappa shape index (κ3) is 4.18. The number of alkyl halides is 3. The molecule has 4 nitrogen and oxygen atoms in total. The average Bonchev–Trinajstić information content (AvgIpc) is 3.25. The number of nitrogens with zero attached hydrogens (tertiary/aromatic N) is 4. The lowest BCUT2D eigenvalue weighted by atomic mass is 10.00. The van der Waals surface area contributed by atoms with Crippen LogP contribution in [0.15, 0.2) is 69.3 Å². The summed E-state index contributed by atoms with van der Waals surface area (Å²) in [6, 6.07) is 14.1. The van der Waals surface area contributed by atoms with Crippen molar-refractivity contribution in [1.29, 1.82) is 0 Å². The molecule has 3 aliphatic rings. The summed E-state index contributed by atoms with van der Waals surface area (Å²) in [4.78, 5) is 11.3. The van der Waals surface area contributed by atoms with E-state index in [1.807, 2.05) is 17.0 Å². The highest BCUT2D eigenvalue weighted by Gasteiger charge is 2.38.